The van der Waals surface area contributed by atoms with E-state index >= 15 is 0 Å². The first-order chi connectivity index (χ1) is 11.0. The van der Waals surface area contributed by atoms with E-state index in [9.17, 15) is 26.4 Å². The van der Waals surface area contributed by atoms with Gasteiger partial charge in [0.25, 0.3) is 10.0 Å². The van der Waals surface area contributed by atoms with Crippen molar-refractivity contribution in [3.05, 3.63) is 23.9 Å². The van der Waals surface area contributed by atoms with Crippen molar-refractivity contribution in [1.29, 1.82) is 0 Å². The number of carbonyl (C=O) groups excluding carboxylic acids is 1. The molecule has 1 atom stereocenters. The summed E-state index contributed by atoms with van der Waals surface area (Å²) < 4.78 is 64.2. The van der Waals surface area contributed by atoms with E-state index in [1.54, 1.807) is 18.7 Å². The van der Waals surface area contributed by atoms with Gasteiger partial charge in [-0.2, -0.15) is 13.2 Å². The summed E-state index contributed by atoms with van der Waals surface area (Å²) >= 11 is 0. The van der Waals surface area contributed by atoms with Crippen molar-refractivity contribution in [2.75, 3.05) is 13.1 Å². The average Bonchev–Trinajstić information content (AvgIpc) is 2.93. The number of hydrogen-bond donors (Lipinski definition) is 1. The Balaban J connectivity index is 2.06. The first-order valence-electron chi connectivity index (χ1n) is 7.35. The van der Waals surface area contributed by atoms with Gasteiger partial charge < -0.3 is 4.90 Å². The van der Waals surface area contributed by atoms with Gasteiger partial charge in [-0.05, 0) is 18.6 Å². The van der Waals surface area contributed by atoms with Crippen molar-refractivity contribution < 1.29 is 26.4 Å². The van der Waals surface area contributed by atoms with E-state index in [1.165, 1.54) is 0 Å². The first kappa shape index (κ1) is 18.7. The second-order valence-corrected chi connectivity index (χ2v) is 7.59. The van der Waals surface area contributed by atoms with Crippen molar-refractivity contribution in [3.8, 4) is 0 Å². The van der Waals surface area contributed by atoms with Crippen molar-refractivity contribution in [3.63, 3.8) is 0 Å². The molecule has 0 bridgehead atoms. The number of aromatic nitrogens is 1. The van der Waals surface area contributed by atoms with Crippen molar-refractivity contribution in [1.82, 2.24) is 14.6 Å². The van der Waals surface area contributed by atoms with Crippen LogP contribution in [0.5, 0.6) is 0 Å². The third kappa shape index (κ3) is 4.23. The number of rotatable bonds is 4. The Morgan fingerprint density at radius 2 is 2.04 bits per heavy atom. The highest BCUT2D eigenvalue weighted by Gasteiger charge is 2.33. The zero-order chi connectivity index (χ0) is 18.1. The molecule has 0 aliphatic carbocycles. The van der Waals surface area contributed by atoms with Gasteiger partial charge in [0.05, 0.1) is 5.56 Å². The molecule has 1 aliphatic heterocycles. The summed E-state index contributed by atoms with van der Waals surface area (Å²) in [6, 6.07) is 1.00. The molecule has 6 nitrogen and oxygen atoms in total. The topological polar surface area (TPSA) is 79.4 Å². The zero-order valence-corrected chi connectivity index (χ0v) is 14.0. The fourth-order valence-electron chi connectivity index (χ4n) is 2.41. The van der Waals surface area contributed by atoms with E-state index in [0.29, 0.717) is 25.2 Å². The van der Waals surface area contributed by atoms with Gasteiger partial charge in [0.1, 0.15) is 0 Å². The minimum Gasteiger partial charge on any atom is -0.341 e. The largest absolute Gasteiger partial charge is 0.417 e. The molecule has 0 aromatic carbocycles. The Morgan fingerprint density at radius 3 is 2.54 bits per heavy atom. The molecule has 24 heavy (non-hydrogen) atoms. The Hall–Kier alpha value is -1.68. The first-order valence-corrected chi connectivity index (χ1v) is 8.83. The fourth-order valence-corrected chi connectivity index (χ4v) is 3.60. The van der Waals surface area contributed by atoms with Crippen LogP contribution in [-0.2, 0) is 21.0 Å². The lowest BCUT2D eigenvalue weighted by Crippen LogP contribution is -2.39. The highest BCUT2D eigenvalue weighted by atomic mass is 32.2. The van der Waals surface area contributed by atoms with Crippen LogP contribution in [0.2, 0.25) is 0 Å². The molecular weight excluding hydrogens is 347 g/mol. The molecule has 0 spiro atoms. The lowest BCUT2D eigenvalue weighted by atomic mass is 10.2. The van der Waals surface area contributed by atoms with Gasteiger partial charge in [-0.3, -0.25) is 4.79 Å². The number of likely N-dealkylation sites (tertiary alicyclic amines) is 1. The summed E-state index contributed by atoms with van der Waals surface area (Å²) in [6.07, 6.45) is -3.65. The maximum atomic E-state index is 12.5. The third-order valence-electron chi connectivity index (χ3n) is 3.65. The van der Waals surface area contributed by atoms with Crippen LogP contribution in [0, 0.1) is 5.92 Å². The van der Waals surface area contributed by atoms with E-state index < -0.39 is 32.8 Å². The number of nitrogens with one attached hydrogen (secondary N) is 1. The van der Waals surface area contributed by atoms with Crippen LogP contribution in [0.4, 0.5) is 13.2 Å². The minimum atomic E-state index is -4.58. The summed E-state index contributed by atoms with van der Waals surface area (Å²) in [7, 11) is -4.04. The SMILES string of the molecule is CC(C)C(=O)N1CCC(NS(=O)(=O)c2ccc(C(F)(F)F)cn2)C1. The smallest absolute Gasteiger partial charge is 0.341 e. The Kier molecular flexibility index (Phi) is 5.19. The van der Waals surface area contributed by atoms with Gasteiger partial charge in [-0.1, -0.05) is 13.8 Å². The van der Waals surface area contributed by atoms with E-state index in [2.05, 4.69) is 9.71 Å². The summed E-state index contributed by atoms with van der Waals surface area (Å²) in [4.78, 5) is 16.8. The molecule has 1 fully saturated rings. The van der Waals surface area contributed by atoms with Gasteiger partial charge in [-0.15, -0.1) is 0 Å². The van der Waals surface area contributed by atoms with E-state index in [4.69, 9.17) is 0 Å². The Labute approximate surface area is 138 Å². The van der Waals surface area contributed by atoms with Gasteiger partial charge >= 0.3 is 6.18 Å². The normalized spacial score (nSPS) is 19.1. The van der Waals surface area contributed by atoms with Crippen LogP contribution in [-0.4, -0.2) is 43.3 Å². The molecule has 1 saturated heterocycles. The van der Waals surface area contributed by atoms with Crippen LogP contribution < -0.4 is 4.72 Å². The number of carbonyl (C=O) groups is 1. The molecule has 1 aliphatic rings. The molecule has 0 radical (unpaired) electrons. The Bertz CT molecular complexity index is 702. The van der Waals surface area contributed by atoms with Crippen LogP contribution in [0.1, 0.15) is 25.8 Å². The molecule has 1 aromatic heterocycles. The average molecular weight is 365 g/mol. The molecule has 2 rings (SSSR count). The number of halogens is 3. The van der Waals surface area contributed by atoms with Crippen LogP contribution in [0.25, 0.3) is 0 Å². The lowest BCUT2D eigenvalue weighted by molar-refractivity contribution is -0.138. The summed E-state index contributed by atoms with van der Waals surface area (Å²) in [5, 5.41) is -0.482. The molecule has 0 saturated carbocycles. The summed E-state index contributed by atoms with van der Waals surface area (Å²) in [5.74, 6) is -0.249. The molecule has 134 valence electrons. The second-order valence-electron chi connectivity index (χ2n) is 5.93. The van der Waals surface area contributed by atoms with E-state index in [1.807, 2.05) is 0 Å². The van der Waals surface area contributed by atoms with Gasteiger partial charge in [0.15, 0.2) is 5.03 Å². The maximum Gasteiger partial charge on any atom is 0.417 e. The molecule has 10 heteroatoms. The molecule has 1 aromatic rings. The summed E-state index contributed by atoms with van der Waals surface area (Å²) in [6.45, 7) is 4.18. The van der Waals surface area contributed by atoms with Gasteiger partial charge in [0.2, 0.25) is 5.91 Å². The number of nitrogens with zero attached hydrogens (tertiary/aromatic N) is 2. The molecular formula is C14H18F3N3O3S. The highest BCUT2D eigenvalue weighted by molar-refractivity contribution is 7.89. The van der Waals surface area contributed by atoms with Crippen molar-refractivity contribution in [2.24, 2.45) is 5.92 Å². The number of sulfonamides is 1. The maximum absolute atomic E-state index is 12.5. The van der Waals surface area contributed by atoms with Crippen LogP contribution in [0.15, 0.2) is 23.4 Å². The number of alkyl halides is 3. The number of pyridine rings is 1. The van der Waals surface area contributed by atoms with E-state index in [0.717, 1.165) is 6.07 Å². The molecule has 1 N–H and O–H groups in total. The monoisotopic (exact) mass is 365 g/mol. The number of amides is 1. The Morgan fingerprint density at radius 1 is 1.38 bits per heavy atom. The number of hydrogen-bond acceptors (Lipinski definition) is 4. The van der Waals surface area contributed by atoms with E-state index in [-0.39, 0.29) is 18.4 Å². The predicted octanol–water partition coefficient (Wildman–Crippen LogP) is 1.64. The predicted molar refractivity (Wildman–Crippen MR) is 79.4 cm³/mol. The zero-order valence-electron chi connectivity index (χ0n) is 13.2. The van der Waals surface area contributed by atoms with Crippen LogP contribution in [0.3, 0.4) is 0 Å². The van der Waals surface area contributed by atoms with Crippen molar-refractivity contribution in [2.45, 2.75) is 37.5 Å². The molecule has 2 heterocycles. The van der Waals surface area contributed by atoms with Crippen molar-refractivity contribution >= 4 is 15.9 Å². The standard InChI is InChI=1S/C14H18F3N3O3S/c1-9(2)13(21)20-6-5-11(8-20)19-24(22,23)12-4-3-10(7-18-12)14(15,16)17/h3-4,7,9,11,19H,5-6,8H2,1-2H3. The lowest BCUT2D eigenvalue weighted by Gasteiger charge is -2.19. The van der Waals surface area contributed by atoms with Crippen LogP contribution >= 0.6 is 0 Å². The molecule has 1 amide bonds. The fraction of sp³-hybridized carbons (Fsp3) is 0.571. The molecule has 1 unspecified atom stereocenters. The van der Waals surface area contributed by atoms with Gasteiger partial charge in [0, 0.05) is 31.2 Å². The summed E-state index contributed by atoms with van der Waals surface area (Å²) in [5.41, 5.74) is -1.02. The third-order valence-corrected chi connectivity index (χ3v) is 5.09. The quantitative estimate of drug-likeness (QED) is 0.880. The second kappa shape index (κ2) is 6.67. The highest BCUT2D eigenvalue weighted by Crippen LogP contribution is 2.28. The van der Waals surface area contributed by atoms with Gasteiger partial charge in [-0.25, -0.2) is 18.1 Å². The minimum absolute atomic E-state index is 0.0654.